The topological polar surface area (TPSA) is 89.3 Å². The van der Waals surface area contributed by atoms with Gasteiger partial charge in [0, 0.05) is 12.1 Å². The maximum atomic E-state index is 13.4. The van der Waals surface area contributed by atoms with Crippen LogP contribution in [-0.2, 0) is 0 Å². The number of hydrogen-bond donors (Lipinski definition) is 2. The predicted molar refractivity (Wildman–Crippen MR) is 88.6 cm³/mol. The van der Waals surface area contributed by atoms with E-state index in [9.17, 15) is 13.6 Å². The molecule has 2 heterocycles. The van der Waals surface area contributed by atoms with Crippen LogP contribution in [0.3, 0.4) is 0 Å². The molecule has 2 aromatic heterocycles. The molecule has 1 aromatic carbocycles. The highest BCUT2D eigenvalue weighted by Crippen LogP contribution is 2.18. The van der Waals surface area contributed by atoms with Crippen LogP contribution in [0.4, 0.5) is 19.3 Å². The SMILES string of the molecule is O=C(NCCOc1ccc(-c2ccco2)nn1)Nc1cc(F)ccc1F. The molecule has 134 valence electrons. The van der Waals surface area contributed by atoms with E-state index in [1.165, 1.54) is 6.26 Å². The molecule has 3 aromatic rings. The van der Waals surface area contributed by atoms with Gasteiger partial charge in [0.15, 0.2) is 5.76 Å². The van der Waals surface area contributed by atoms with Gasteiger partial charge < -0.3 is 19.8 Å². The molecule has 2 amide bonds. The molecule has 0 spiro atoms. The highest BCUT2D eigenvalue weighted by molar-refractivity contribution is 5.89. The molecule has 26 heavy (non-hydrogen) atoms. The van der Waals surface area contributed by atoms with Crippen molar-refractivity contribution in [3.63, 3.8) is 0 Å². The van der Waals surface area contributed by atoms with E-state index in [-0.39, 0.29) is 24.7 Å². The summed E-state index contributed by atoms with van der Waals surface area (Å²) in [5, 5.41) is 12.5. The van der Waals surface area contributed by atoms with Crippen LogP contribution in [0.5, 0.6) is 5.88 Å². The third kappa shape index (κ3) is 4.53. The van der Waals surface area contributed by atoms with Gasteiger partial charge in [-0.25, -0.2) is 13.6 Å². The molecular weight excluding hydrogens is 346 g/mol. The fourth-order valence-electron chi connectivity index (χ4n) is 2.03. The molecule has 0 fully saturated rings. The third-order valence-electron chi connectivity index (χ3n) is 3.23. The Morgan fingerprint density at radius 2 is 2.04 bits per heavy atom. The van der Waals surface area contributed by atoms with Crippen LogP contribution in [0.2, 0.25) is 0 Å². The van der Waals surface area contributed by atoms with E-state index >= 15 is 0 Å². The Morgan fingerprint density at radius 1 is 1.15 bits per heavy atom. The van der Waals surface area contributed by atoms with Crippen molar-refractivity contribution in [2.75, 3.05) is 18.5 Å². The Morgan fingerprint density at radius 3 is 2.77 bits per heavy atom. The van der Waals surface area contributed by atoms with Crippen LogP contribution in [-0.4, -0.2) is 29.4 Å². The van der Waals surface area contributed by atoms with Gasteiger partial charge in [0.2, 0.25) is 5.88 Å². The first-order valence-corrected chi connectivity index (χ1v) is 7.62. The maximum absolute atomic E-state index is 13.4. The smallest absolute Gasteiger partial charge is 0.319 e. The van der Waals surface area contributed by atoms with Crippen molar-refractivity contribution in [1.82, 2.24) is 15.5 Å². The molecule has 0 unspecified atom stereocenters. The highest BCUT2D eigenvalue weighted by atomic mass is 19.1. The summed E-state index contributed by atoms with van der Waals surface area (Å²) in [7, 11) is 0. The van der Waals surface area contributed by atoms with Gasteiger partial charge in [0.1, 0.15) is 23.9 Å². The van der Waals surface area contributed by atoms with Crippen molar-refractivity contribution in [3.05, 3.63) is 60.4 Å². The quantitative estimate of drug-likeness (QED) is 0.659. The minimum absolute atomic E-state index is 0.119. The minimum Gasteiger partial charge on any atom is -0.475 e. The molecule has 0 saturated heterocycles. The lowest BCUT2D eigenvalue weighted by atomic mass is 10.3. The van der Waals surface area contributed by atoms with Crippen LogP contribution in [0.15, 0.2) is 53.1 Å². The zero-order valence-corrected chi connectivity index (χ0v) is 13.4. The monoisotopic (exact) mass is 360 g/mol. The second kappa shape index (κ2) is 8.06. The Labute approximate surface area is 147 Å². The molecule has 0 aliphatic rings. The van der Waals surface area contributed by atoms with Crippen molar-refractivity contribution >= 4 is 11.7 Å². The highest BCUT2D eigenvalue weighted by Gasteiger charge is 2.08. The lowest BCUT2D eigenvalue weighted by Gasteiger charge is -2.09. The van der Waals surface area contributed by atoms with Gasteiger partial charge in [-0.05, 0) is 30.3 Å². The average Bonchev–Trinajstić information content (AvgIpc) is 3.17. The zero-order valence-electron chi connectivity index (χ0n) is 13.4. The normalized spacial score (nSPS) is 10.4. The fraction of sp³-hybridized carbons (Fsp3) is 0.118. The number of anilines is 1. The van der Waals surface area contributed by atoms with Gasteiger partial charge in [-0.3, -0.25) is 0 Å². The van der Waals surface area contributed by atoms with Crippen molar-refractivity contribution in [2.45, 2.75) is 0 Å². The van der Waals surface area contributed by atoms with Crippen LogP contribution >= 0.6 is 0 Å². The van der Waals surface area contributed by atoms with E-state index in [0.29, 0.717) is 11.5 Å². The second-order valence-electron chi connectivity index (χ2n) is 5.09. The van der Waals surface area contributed by atoms with E-state index in [4.69, 9.17) is 9.15 Å². The van der Waals surface area contributed by atoms with Crippen molar-refractivity contribution in [1.29, 1.82) is 0 Å². The average molecular weight is 360 g/mol. The number of nitrogens with zero attached hydrogens (tertiary/aromatic N) is 2. The lowest BCUT2D eigenvalue weighted by Crippen LogP contribution is -2.32. The number of urea groups is 1. The number of aromatic nitrogens is 2. The fourth-order valence-corrected chi connectivity index (χ4v) is 2.03. The first kappa shape index (κ1) is 17.3. The number of carbonyl (C=O) groups is 1. The van der Waals surface area contributed by atoms with Gasteiger partial charge in [-0.1, -0.05) is 0 Å². The van der Waals surface area contributed by atoms with Crippen molar-refractivity contribution < 1.29 is 22.7 Å². The number of carbonyl (C=O) groups excluding carboxylic acids is 1. The number of amides is 2. The number of furan rings is 1. The maximum Gasteiger partial charge on any atom is 0.319 e. The van der Waals surface area contributed by atoms with Gasteiger partial charge in [0.05, 0.1) is 18.5 Å². The molecule has 9 heteroatoms. The summed E-state index contributed by atoms with van der Waals surface area (Å²) in [6.07, 6.45) is 1.54. The summed E-state index contributed by atoms with van der Waals surface area (Å²) >= 11 is 0. The Kier molecular flexibility index (Phi) is 5.37. The number of hydrogen-bond acceptors (Lipinski definition) is 5. The Balaban J connectivity index is 1.42. The largest absolute Gasteiger partial charge is 0.475 e. The second-order valence-corrected chi connectivity index (χ2v) is 5.09. The zero-order chi connectivity index (χ0) is 18.4. The van der Waals surface area contributed by atoms with E-state index in [0.717, 1.165) is 18.2 Å². The lowest BCUT2D eigenvalue weighted by molar-refractivity contribution is 0.246. The van der Waals surface area contributed by atoms with E-state index in [2.05, 4.69) is 20.8 Å². The van der Waals surface area contributed by atoms with E-state index in [1.54, 1.807) is 24.3 Å². The van der Waals surface area contributed by atoms with E-state index in [1.807, 2.05) is 0 Å². The summed E-state index contributed by atoms with van der Waals surface area (Å²) < 4.78 is 37.0. The standard InChI is InChI=1S/C17H14F2N4O3/c18-11-3-4-12(19)14(10-11)21-17(24)20-7-9-26-16-6-5-13(22-23-16)15-2-1-8-25-15/h1-6,8,10H,7,9H2,(H2,20,21,24). The molecule has 0 atom stereocenters. The van der Waals surface area contributed by atoms with Crippen LogP contribution in [0.25, 0.3) is 11.5 Å². The molecular formula is C17H14F2N4O3. The number of halogens is 2. The first-order valence-electron chi connectivity index (χ1n) is 7.62. The number of rotatable bonds is 6. The van der Waals surface area contributed by atoms with Gasteiger partial charge in [0.25, 0.3) is 0 Å². The molecule has 0 bridgehead atoms. The van der Waals surface area contributed by atoms with Crippen LogP contribution in [0, 0.1) is 11.6 Å². The summed E-state index contributed by atoms with van der Waals surface area (Å²) in [4.78, 5) is 11.7. The van der Waals surface area contributed by atoms with E-state index < -0.39 is 17.7 Å². The molecule has 0 radical (unpaired) electrons. The summed E-state index contributed by atoms with van der Waals surface area (Å²) in [6, 6.07) is 8.91. The van der Waals surface area contributed by atoms with Crippen molar-refractivity contribution in [2.24, 2.45) is 0 Å². The van der Waals surface area contributed by atoms with Crippen LogP contribution in [0.1, 0.15) is 0 Å². The molecule has 0 saturated carbocycles. The molecule has 7 nitrogen and oxygen atoms in total. The third-order valence-corrected chi connectivity index (χ3v) is 3.23. The van der Waals surface area contributed by atoms with Crippen molar-refractivity contribution in [3.8, 4) is 17.3 Å². The molecule has 2 N–H and O–H groups in total. The van der Waals surface area contributed by atoms with Gasteiger partial charge in [-0.2, -0.15) is 0 Å². The Hall–Kier alpha value is -3.49. The summed E-state index contributed by atoms with van der Waals surface area (Å²) in [6.45, 7) is 0.248. The molecule has 3 rings (SSSR count). The molecule has 0 aliphatic heterocycles. The number of ether oxygens (including phenoxy) is 1. The summed E-state index contributed by atoms with van der Waals surface area (Å²) in [5.74, 6) is -0.517. The Bertz CT molecular complexity index is 870. The van der Waals surface area contributed by atoms with Gasteiger partial charge in [-0.15, -0.1) is 10.2 Å². The summed E-state index contributed by atoms with van der Waals surface area (Å²) in [5.41, 5.74) is 0.319. The van der Waals surface area contributed by atoms with Gasteiger partial charge >= 0.3 is 6.03 Å². The minimum atomic E-state index is -0.732. The molecule has 0 aliphatic carbocycles. The predicted octanol–water partition coefficient (Wildman–Crippen LogP) is 3.22. The number of benzene rings is 1. The van der Waals surface area contributed by atoms with Crippen LogP contribution < -0.4 is 15.4 Å². The first-order chi connectivity index (χ1) is 12.6. The number of nitrogens with one attached hydrogen (secondary N) is 2.